The van der Waals surface area contributed by atoms with Crippen molar-refractivity contribution in [1.82, 2.24) is 4.98 Å². The van der Waals surface area contributed by atoms with E-state index in [-0.39, 0.29) is 6.04 Å². The van der Waals surface area contributed by atoms with Crippen molar-refractivity contribution in [3.05, 3.63) is 71.9 Å². The van der Waals surface area contributed by atoms with Gasteiger partial charge in [0.25, 0.3) is 0 Å². The molecule has 3 nitrogen and oxygen atoms in total. The van der Waals surface area contributed by atoms with Crippen LogP contribution >= 0.6 is 0 Å². The minimum Gasteiger partial charge on any atom is -0.481 e. The summed E-state index contributed by atoms with van der Waals surface area (Å²) in [4.78, 5) is 4.20. The normalized spacial score (nSPS) is 12.3. The second-order valence-electron chi connectivity index (χ2n) is 4.69. The first-order chi connectivity index (χ1) is 9.79. The SMILES string of the molecule is COc1ncccc1C(N)c1ccc2ccccc2c1. The molecule has 0 spiro atoms. The Morgan fingerprint density at radius 3 is 2.60 bits per heavy atom. The number of pyridine rings is 1. The number of ether oxygens (including phenoxy) is 1. The van der Waals surface area contributed by atoms with E-state index in [0.717, 1.165) is 11.1 Å². The van der Waals surface area contributed by atoms with Gasteiger partial charge in [-0.1, -0.05) is 42.5 Å². The third-order valence-electron chi connectivity index (χ3n) is 3.46. The molecule has 1 heterocycles. The van der Waals surface area contributed by atoms with Gasteiger partial charge in [0, 0.05) is 11.8 Å². The molecule has 2 aromatic carbocycles. The zero-order valence-corrected chi connectivity index (χ0v) is 11.3. The number of nitrogens with two attached hydrogens (primary N) is 1. The largest absolute Gasteiger partial charge is 0.481 e. The molecule has 20 heavy (non-hydrogen) atoms. The highest BCUT2D eigenvalue weighted by Crippen LogP contribution is 2.28. The van der Waals surface area contributed by atoms with Crippen molar-refractivity contribution in [3.63, 3.8) is 0 Å². The second-order valence-corrected chi connectivity index (χ2v) is 4.69. The van der Waals surface area contributed by atoms with Gasteiger partial charge in [-0.05, 0) is 28.5 Å². The van der Waals surface area contributed by atoms with Crippen molar-refractivity contribution in [2.75, 3.05) is 7.11 Å². The summed E-state index contributed by atoms with van der Waals surface area (Å²) in [5, 5.41) is 2.39. The summed E-state index contributed by atoms with van der Waals surface area (Å²) in [5.41, 5.74) is 8.31. The van der Waals surface area contributed by atoms with Crippen LogP contribution in [0.3, 0.4) is 0 Å². The number of hydrogen-bond donors (Lipinski definition) is 1. The summed E-state index contributed by atoms with van der Waals surface area (Å²) in [7, 11) is 1.61. The Bertz CT molecular complexity index is 740. The fraction of sp³-hybridized carbons (Fsp3) is 0.118. The molecule has 1 aromatic heterocycles. The maximum Gasteiger partial charge on any atom is 0.218 e. The lowest BCUT2D eigenvalue weighted by Gasteiger charge is -2.15. The molecule has 3 rings (SSSR count). The van der Waals surface area contributed by atoms with E-state index in [4.69, 9.17) is 10.5 Å². The fourth-order valence-corrected chi connectivity index (χ4v) is 2.39. The van der Waals surface area contributed by atoms with Crippen molar-refractivity contribution in [3.8, 4) is 5.88 Å². The van der Waals surface area contributed by atoms with E-state index < -0.39 is 0 Å². The zero-order chi connectivity index (χ0) is 13.9. The standard InChI is InChI=1S/C17H16N2O/c1-20-17-15(7-4-10-19-17)16(18)14-9-8-12-5-2-3-6-13(12)11-14/h2-11,16H,18H2,1H3. The Morgan fingerprint density at radius 2 is 1.80 bits per heavy atom. The first-order valence-electron chi connectivity index (χ1n) is 6.53. The van der Waals surface area contributed by atoms with Crippen LogP contribution in [0, 0.1) is 0 Å². The average molecular weight is 264 g/mol. The van der Waals surface area contributed by atoms with Crippen LogP contribution in [0.1, 0.15) is 17.2 Å². The molecule has 0 radical (unpaired) electrons. The van der Waals surface area contributed by atoms with Crippen LogP contribution in [0.15, 0.2) is 60.8 Å². The monoisotopic (exact) mass is 264 g/mol. The summed E-state index contributed by atoms with van der Waals surface area (Å²) in [5.74, 6) is 0.577. The van der Waals surface area contributed by atoms with Gasteiger partial charge in [0.2, 0.25) is 5.88 Å². The molecule has 3 aromatic rings. The third-order valence-corrected chi connectivity index (χ3v) is 3.46. The van der Waals surface area contributed by atoms with Crippen molar-refractivity contribution in [2.45, 2.75) is 6.04 Å². The predicted octanol–water partition coefficient (Wildman–Crippen LogP) is 3.29. The molecule has 0 bridgehead atoms. The van der Waals surface area contributed by atoms with Crippen LogP contribution in [0.4, 0.5) is 0 Å². The highest BCUT2D eigenvalue weighted by atomic mass is 16.5. The maximum atomic E-state index is 6.36. The van der Waals surface area contributed by atoms with Gasteiger partial charge in [-0.3, -0.25) is 0 Å². The van der Waals surface area contributed by atoms with Crippen LogP contribution in [-0.2, 0) is 0 Å². The van der Waals surface area contributed by atoms with Gasteiger partial charge in [0.1, 0.15) is 0 Å². The summed E-state index contributed by atoms with van der Waals surface area (Å²) in [6, 6.07) is 18.1. The maximum absolute atomic E-state index is 6.36. The lowest BCUT2D eigenvalue weighted by atomic mass is 9.98. The Morgan fingerprint density at radius 1 is 1.00 bits per heavy atom. The number of rotatable bonds is 3. The number of hydrogen-bond acceptors (Lipinski definition) is 3. The summed E-state index contributed by atoms with van der Waals surface area (Å²) >= 11 is 0. The molecular weight excluding hydrogens is 248 g/mol. The van der Waals surface area contributed by atoms with Crippen molar-refractivity contribution >= 4 is 10.8 Å². The minimum atomic E-state index is -0.247. The number of fused-ring (bicyclic) bond motifs is 1. The Balaban J connectivity index is 2.05. The number of methoxy groups -OCH3 is 1. The summed E-state index contributed by atoms with van der Waals surface area (Å²) < 4.78 is 5.28. The average Bonchev–Trinajstić information content (AvgIpc) is 2.53. The molecule has 1 atom stereocenters. The molecule has 0 saturated carbocycles. The van der Waals surface area contributed by atoms with Crippen molar-refractivity contribution < 1.29 is 4.74 Å². The molecule has 0 aliphatic rings. The Hall–Kier alpha value is -2.39. The smallest absolute Gasteiger partial charge is 0.218 e. The molecule has 0 saturated heterocycles. The van der Waals surface area contributed by atoms with Crippen molar-refractivity contribution in [1.29, 1.82) is 0 Å². The van der Waals surface area contributed by atoms with Crippen LogP contribution in [0.5, 0.6) is 5.88 Å². The highest BCUT2D eigenvalue weighted by Gasteiger charge is 2.14. The van der Waals surface area contributed by atoms with Gasteiger partial charge in [0.05, 0.1) is 13.2 Å². The lowest BCUT2D eigenvalue weighted by Crippen LogP contribution is -2.13. The number of nitrogens with zero attached hydrogens (tertiary/aromatic N) is 1. The predicted molar refractivity (Wildman–Crippen MR) is 80.8 cm³/mol. The quantitative estimate of drug-likeness (QED) is 0.789. The number of aromatic nitrogens is 1. The Kier molecular flexibility index (Phi) is 3.35. The van der Waals surface area contributed by atoms with Gasteiger partial charge in [-0.2, -0.15) is 0 Å². The van der Waals surface area contributed by atoms with Gasteiger partial charge in [-0.15, -0.1) is 0 Å². The van der Waals surface area contributed by atoms with Gasteiger partial charge >= 0.3 is 0 Å². The van der Waals surface area contributed by atoms with E-state index >= 15 is 0 Å². The number of benzene rings is 2. The first-order valence-corrected chi connectivity index (χ1v) is 6.53. The lowest BCUT2D eigenvalue weighted by molar-refractivity contribution is 0.390. The van der Waals surface area contributed by atoms with Gasteiger partial charge in [-0.25, -0.2) is 4.98 Å². The van der Waals surface area contributed by atoms with E-state index in [2.05, 4.69) is 35.3 Å². The molecule has 0 fully saturated rings. The van der Waals surface area contributed by atoms with Crippen LogP contribution < -0.4 is 10.5 Å². The molecule has 100 valence electrons. The molecule has 0 aliphatic carbocycles. The van der Waals surface area contributed by atoms with Gasteiger partial charge < -0.3 is 10.5 Å². The van der Waals surface area contributed by atoms with Crippen LogP contribution in [0.2, 0.25) is 0 Å². The fourth-order valence-electron chi connectivity index (χ4n) is 2.39. The van der Waals surface area contributed by atoms with E-state index in [9.17, 15) is 0 Å². The van der Waals surface area contributed by atoms with Gasteiger partial charge in [0.15, 0.2) is 0 Å². The summed E-state index contributed by atoms with van der Waals surface area (Å²) in [6.07, 6.45) is 1.70. The first kappa shape index (κ1) is 12.6. The molecule has 0 amide bonds. The van der Waals surface area contributed by atoms with Crippen LogP contribution in [-0.4, -0.2) is 12.1 Å². The van der Waals surface area contributed by atoms with E-state index in [1.165, 1.54) is 10.8 Å². The topological polar surface area (TPSA) is 48.1 Å². The van der Waals surface area contributed by atoms with Crippen LogP contribution in [0.25, 0.3) is 10.8 Å². The summed E-state index contributed by atoms with van der Waals surface area (Å²) in [6.45, 7) is 0. The zero-order valence-electron chi connectivity index (χ0n) is 11.3. The molecule has 2 N–H and O–H groups in total. The van der Waals surface area contributed by atoms with E-state index in [1.807, 2.05) is 24.3 Å². The molecule has 3 heteroatoms. The molecular formula is C17H16N2O. The second kappa shape index (κ2) is 5.31. The minimum absolute atomic E-state index is 0.247. The van der Waals surface area contributed by atoms with Crippen molar-refractivity contribution in [2.24, 2.45) is 5.73 Å². The van der Waals surface area contributed by atoms with E-state index in [0.29, 0.717) is 5.88 Å². The van der Waals surface area contributed by atoms with E-state index in [1.54, 1.807) is 13.3 Å². The molecule has 1 unspecified atom stereocenters. The molecule has 0 aliphatic heterocycles. The Labute approximate surface area is 118 Å². The highest BCUT2D eigenvalue weighted by molar-refractivity contribution is 5.83. The third kappa shape index (κ3) is 2.24.